The number of aromatic nitrogens is 1. The van der Waals surface area contributed by atoms with Gasteiger partial charge in [0.2, 0.25) is 0 Å². The van der Waals surface area contributed by atoms with E-state index in [9.17, 15) is 0 Å². The van der Waals surface area contributed by atoms with Crippen LogP contribution in [0.1, 0.15) is 0 Å². The van der Waals surface area contributed by atoms with Crippen LogP contribution in [0.25, 0.3) is 49.7 Å². The molecule has 152 valence electrons. The summed E-state index contributed by atoms with van der Waals surface area (Å²) >= 11 is 6.48. The molecule has 5 aromatic carbocycles. The molecule has 0 N–H and O–H groups in total. The lowest BCUT2D eigenvalue weighted by Gasteiger charge is -2.12. The van der Waals surface area contributed by atoms with Gasteiger partial charge in [-0.2, -0.15) is 0 Å². The monoisotopic (exact) mass is 429 g/mol. The Kier molecular flexibility index (Phi) is 4.56. The van der Waals surface area contributed by atoms with Gasteiger partial charge in [0, 0.05) is 21.5 Å². The summed E-state index contributed by atoms with van der Waals surface area (Å²) in [6.07, 6.45) is 0. The smallest absolute Gasteiger partial charge is 0.0556 e. The van der Waals surface area contributed by atoms with Crippen LogP contribution < -0.4 is 0 Å². The van der Waals surface area contributed by atoms with E-state index in [1.165, 1.54) is 38.5 Å². The highest BCUT2D eigenvalue weighted by molar-refractivity contribution is 6.32. The molecule has 32 heavy (non-hydrogen) atoms. The summed E-state index contributed by atoms with van der Waals surface area (Å²) in [4.78, 5) is 0. The summed E-state index contributed by atoms with van der Waals surface area (Å²) in [7, 11) is 0. The molecular weight excluding hydrogens is 410 g/mol. The van der Waals surface area contributed by atoms with Crippen LogP contribution in [0.3, 0.4) is 0 Å². The zero-order chi connectivity index (χ0) is 21.5. The van der Waals surface area contributed by atoms with Crippen molar-refractivity contribution in [3.63, 3.8) is 0 Å². The van der Waals surface area contributed by atoms with Gasteiger partial charge in [-0.1, -0.05) is 96.5 Å². The van der Waals surface area contributed by atoms with Gasteiger partial charge >= 0.3 is 0 Å². The number of fused-ring (bicyclic) bond motifs is 3. The third kappa shape index (κ3) is 3.10. The van der Waals surface area contributed by atoms with Gasteiger partial charge in [-0.3, -0.25) is 0 Å². The van der Waals surface area contributed by atoms with Gasteiger partial charge in [0.1, 0.15) is 0 Å². The van der Waals surface area contributed by atoms with Crippen molar-refractivity contribution in [2.24, 2.45) is 0 Å². The maximum atomic E-state index is 6.48. The second-order valence-corrected chi connectivity index (χ2v) is 8.42. The van der Waals surface area contributed by atoms with Gasteiger partial charge in [-0.15, -0.1) is 0 Å². The number of hydrogen-bond donors (Lipinski definition) is 0. The summed E-state index contributed by atoms with van der Waals surface area (Å²) in [5.41, 5.74) is 8.24. The second-order valence-electron chi connectivity index (χ2n) is 7.98. The first-order valence-corrected chi connectivity index (χ1v) is 11.1. The van der Waals surface area contributed by atoms with Gasteiger partial charge in [0.25, 0.3) is 0 Å². The third-order valence-electron chi connectivity index (χ3n) is 6.03. The molecule has 0 aliphatic rings. The quantitative estimate of drug-likeness (QED) is 0.265. The van der Waals surface area contributed by atoms with Crippen LogP contribution in [-0.2, 0) is 0 Å². The van der Waals surface area contributed by atoms with Gasteiger partial charge < -0.3 is 4.57 Å². The number of halogens is 1. The fourth-order valence-corrected chi connectivity index (χ4v) is 4.78. The van der Waals surface area contributed by atoms with Gasteiger partial charge in [0.15, 0.2) is 0 Å². The summed E-state index contributed by atoms with van der Waals surface area (Å²) in [6, 6.07) is 42.5. The van der Waals surface area contributed by atoms with E-state index in [1.807, 2.05) is 6.07 Å². The SMILES string of the molecule is Clc1ccc2c3c(-c4ccccc4)cc(-c4ccccc4)cc3n(-c3ccccc3)c2c1. The fraction of sp³-hybridized carbons (Fsp3) is 0. The minimum atomic E-state index is 0.738. The van der Waals surface area contributed by atoms with Crippen LogP contribution in [0, 0.1) is 0 Å². The van der Waals surface area contributed by atoms with Gasteiger partial charge in [-0.25, -0.2) is 0 Å². The zero-order valence-electron chi connectivity index (χ0n) is 17.4. The van der Waals surface area contributed by atoms with E-state index in [-0.39, 0.29) is 0 Å². The lowest BCUT2D eigenvalue weighted by Crippen LogP contribution is -1.94. The first-order chi connectivity index (χ1) is 15.8. The molecule has 0 aliphatic carbocycles. The molecule has 1 heterocycles. The molecule has 0 atom stereocenters. The molecule has 2 heteroatoms. The summed E-state index contributed by atoms with van der Waals surface area (Å²) in [5.74, 6) is 0. The lowest BCUT2D eigenvalue weighted by molar-refractivity contribution is 1.18. The zero-order valence-corrected chi connectivity index (χ0v) is 18.1. The minimum absolute atomic E-state index is 0.738. The molecule has 1 aromatic heterocycles. The Labute approximate surface area is 192 Å². The van der Waals surface area contributed by atoms with Crippen molar-refractivity contribution >= 4 is 33.4 Å². The summed E-state index contributed by atoms with van der Waals surface area (Å²) in [6.45, 7) is 0. The highest BCUT2D eigenvalue weighted by Gasteiger charge is 2.18. The maximum Gasteiger partial charge on any atom is 0.0556 e. The number of nitrogens with zero attached hydrogens (tertiary/aromatic N) is 1. The Hall–Kier alpha value is -3.81. The molecule has 0 unspecified atom stereocenters. The van der Waals surface area contributed by atoms with Crippen molar-refractivity contribution in [2.75, 3.05) is 0 Å². The molecule has 0 saturated heterocycles. The van der Waals surface area contributed by atoms with E-state index in [0.717, 1.165) is 16.2 Å². The number of hydrogen-bond acceptors (Lipinski definition) is 0. The number of rotatable bonds is 3. The number of benzene rings is 5. The average Bonchev–Trinajstić information content (AvgIpc) is 3.18. The Morgan fingerprint density at radius 3 is 1.81 bits per heavy atom. The van der Waals surface area contributed by atoms with Crippen LogP contribution in [-0.4, -0.2) is 4.57 Å². The highest BCUT2D eigenvalue weighted by Crippen LogP contribution is 2.41. The summed E-state index contributed by atoms with van der Waals surface area (Å²) in [5, 5.41) is 3.18. The standard InChI is InChI=1S/C30H20ClN/c31-24-16-17-26-28(20-24)32(25-14-8-3-9-15-25)29-19-23(21-10-4-1-5-11-21)18-27(30(26)29)22-12-6-2-7-13-22/h1-20H. The van der Waals surface area contributed by atoms with Crippen LogP contribution in [0.15, 0.2) is 121 Å². The van der Waals surface area contributed by atoms with Crippen molar-refractivity contribution in [2.45, 2.75) is 0 Å². The molecule has 0 saturated carbocycles. The predicted octanol–water partition coefficient (Wildman–Crippen LogP) is 8.77. The highest BCUT2D eigenvalue weighted by atomic mass is 35.5. The van der Waals surface area contributed by atoms with Gasteiger partial charge in [0.05, 0.1) is 11.0 Å². The van der Waals surface area contributed by atoms with Crippen molar-refractivity contribution < 1.29 is 0 Å². The van der Waals surface area contributed by atoms with Crippen LogP contribution in [0.2, 0.25) is 5.02 Å². The lowest BCUT2D eigenvalue weighted by atomic mass is 9.94. The largest absolute Gasteiger partial charge is 0.309 e. The molecule has 6 rings (SSSR count). The topological polar surface area (TPSA) is 4.93 Å². The third-order valence-corrected chi connectivity index (χ3v) is 6.27. The number of para-hydroxylation sites is 1. The Morgan fingerprint density at radius 2 is 1.12 bits per heavy atom. The fourth-order valence-electron chi connectivity index (χ4n) is 4.62. The van der Waals surface area contributed by atoms with E-state index in [0.29, 0.717) is 0 Å². The Balaban J connectivity index is 1.82. The molecule has 0 aliphatic heterocycles. The van der Waals surface area contributed by atoms with E-state index >= 15 is 0 Å². The van der Waals surface area contributed by atoms with E-state index in [1.54, 1.807) is 0 Å². The average molecular weight is 430 g/mol. The molecule has 0 radical (unpaired) electrons. The summed E-state index contributed by atoms with van der Waals surface area (Å²) < 4.78 is 2.33. The predicted molar refractivity (Wildman–Crippen MR) is 137 cm³/mol. The molecule has 6 aromatic rings. The van der Waals surface area contributed by atoms with Gasteiger partial charge in [-0.05, 0) is 58.7 Å². The first-order valence-electron chi connectivity index (χ1n) is 10.7. The molecule has 0 bridgehead atoms. The van der Waals surface area contributed by atoms with Crippen molar-refractivity contribution in [1.29, 1.82) is 0 Å². The molecule has 0 amide bonds. The minimum Gasteiger partial charge on any atom is -0.309 e. The molecular formula is C30H20ClN. The van der Waals surface area contributed by atoms with E-state index < -0.39 is 0 Å². The second kappa shape index (κ2) is 7.71. The molecule has 1 nitrogen and oxygen atoms in total. The Bertz CT molecular complexity index is 1550. The normalized spacial score (nSPS) is 11.3. The maximum absolute atomic E-state index is 6.48. The van der Waals surface area contributed by atoms with Crippen molar-refractivity contribution in [3.05, 3.63) is 126 Å². The van der Waals surface area contributed by atoms with Crippen LogP contribution in [0.5, 0.6) is 0 Å². The first kappa shape index (κ1) is 18.9. The van der Waals surface area contributed by atoms with Crippen LogP contribution in [0.4, 0.5) is 0 Å². The van der Waals surface area contributed by atoms with Crippen molar-refractivity contribution in [3.8, 4) is 27.9 Å². The van der Waals surface area contributed by atoms with Crippen molar-refractivity contribution in [1.82, 2.24) is 4.57 Å². The molecule has 0 fully saturated rings. The molecule has 0 spiro atoms. The van der Waals surface area contributed by atoms with E-state index in [2.05, 4.69) is 120 Å². The van der Waals surface area contributed by atoms with Crippen LogP contribution >= 0.6 is 11.6 Å². The van der Waals surface area contributed by atoms with E-state index in [4.69, 9.17) is 11.6 Å². The Morgan fingerprint density at radius 1 is 0.500 bits per heavy atom.